The molecule has 0 aliphatic rings. The molecule has 4 nitrogen and oxygen atoms in total. The van der Waals surface area contributed by atoms with Crippen molar-refractivity contribution in [3.8, 4) is 0 Å². The average Bonchev–Trinajstić information content (AvgIpc) is 2.25. The van der Waals surface area contributed by atoms with Crippen molar-refractivity contribution in [1.82, 2.24) is 9.97 Å². The quantitative estimate of drug-likeness (QED) is 0.726. The van der Waals surface area contributed by atoms with Crippen molar-refractivity contribution in [3.63, 3.8) is 0 Å². The number of hydrogen-bond donors (Lipinski definition) is 1. The van der Waals surface area contributed by atoms with Gasteiger partial charge in [0, 0.05) is 19.2 Å². The van der Waals surface area contributed by atoms with Crippen LogP contribution in [0.15, 0.2) is 12.3 Å². The molecule has 1 heterocycles. The minimum Gasteiger partial charge on any atom is -0.375 e. The van der Waals surface area contributed by atoms with Crippen LogP contribution in [-0.4, -0.2) is 36.2 Å². The van der Waals surface area contributed by atoms with Crippen molar-refractivity contribution in [2.24, 2.45) is 0 Å². The first-order valence-corrected chi connectivity index (χ1v) is 5.14. The zero-order valence-electron chi connectivity index (χ0n) is 9.12. The number of halogens is 2. The Morgan fingerprint density at radius 2 is 2.31 bits per heavy atom. The van der Waals surface area contributed by atoms with Gasteiger partial charge in [0.1, 0.15) is 18.2 Å². The summed E-state index contributed by atoms with van der Waals surface area (Å²) >= 11 is 0. The largest absolute Gasteiger partial charge is 0.375 e. The molecular weight excluding hydrogens is 216 g/mol. The van der Waals surface area contributed by atoms with E-state index in [-0.39, 0.29) is 6.61 Å². The lowest BCUT2D eigenvalue weighted by Crippen LogP contribution is -2.09. The first kappa shape index (κ1) is 12.8. The smallest absolute Gasteiger partial charge is 0.261 e. The summed E-state index contributed by atoms with van der Waals surface area (Å²) in [4.78, 5) is 8.21. The van der Waals surface area contributed by atoms with Crippen molar-refractivity contribution in [3.05, 3.63) is 18.1 Å². The van der Waals surface area contributed by atoms with E-state index in [1.54, 1.807) is 12.3 Å². The van der Waals surface area contributed by atoms with Gasteiger partial charge in [-0.3, -0.25) is 0 Å². The van der Waals surface area contributed by atoms with Crippen LogP contribution in [0.2, 0.25) is 0 Å². The molecule has 0 aliphatic carbocycles. The lowest BCUT2D eigenvalue weighted by atomic mass is 10.4. The number of nitrogens with one attached hydrogen (secondary N) is 1. The molecule has 0 saturated heterocycles. The fourth-order valence-corrected chi connectivity index (χ4v) is 1.13. The third-order valence-electron chi connectivity index (χ3n) is 1.78. The van der Waals surface area contributed by atoms with Crippen molar-refractivity contribution in [1.29, 1.82) is 0 Å². The summed E-state index contributed by atoms with van der Waals surface area (Å²) in [5.74, 6) is 1.33. The van der Waals surface area contributed by atoms with E-state index in [1.165, 1.54) is 0 Å². The minimum atomic E-state index is -2.42. The Hall–Kier alpha value is -1.30. The van der Waals surface area contributed by atoms with Gasteiger partial charge in [-0.25, -0.2) is 18.7 Å². The van der Waals surface area contributed by atoms with Gasteiger partial charge in [0.15, 0.2) is 0 Å². The van der Waals surface area contributed by atoms with E-state index in [0.29, 0.717) is 12.2 Å². The second-order valence-electron chi connectivity index (χ2n) is 3.10. The maximum absolute atomic E-state index is 11.8. The van der Waals surface area contributed by atoms with Crippen LogP contribution in [-0.2, 0) is 11.2 Å². The standard InChI is InChI=1S/C10H15F2N3O/c1-2-13-9-3-5-14-10(15-9)4-6-16-7-8(11)12/h3,5,8H,2,4,6-7H2,1H3,(H,13,14,15). The molecule has 0 spiro atoms. The number of aromatic nitrogens is 2. The SMILES string of the molecule is CCNc1ccnc(CCOCC(F)F)n1. The zero-order chi connectivity index (χ0) is 11.8. The number of rotatable bonds is 7. The second kappa shape index (κ2) is 7.05. The second-order valence-corrected chi connectivity index (χ2v) is 3.10. The van der Waals surface area contributed by atoms with Crippen LogP contribution in [0.4, 0.5) is 14.6 Å². The molecule has 1 aromatic heterocycles. The Bertz CT molecular complexity index is 310. The van der Waals surface area contributed by atoms with Crippen LogP contribution in [0, 0.1) is 0 Å². The number of alkyl halides is 2. The monoisotopic (exact) mass is 231 g/mol. The zero-order valence-corrected chi connectivity index (χ0v) is 9.12. The van der Waals surface area contributed by atoms with Gasteiger partial charge in [0.25, 0.3) is 6.43 Å². The van der Waals surface area contributed by atoms with Crippen LogP contribution in [0.1, 0.15) is 12.7 Å². The Balaban J connectivity index is 2.33. The molecule has 1 N–H and O–H groups in total. The van der Waals surface area contributed by atoms with Gasteiger partial charge in [0.2, 0.25) is 0 Å². The van der Waals surface area contributed by atoms with E-state index in [1.807, 2.05) is 6.92 Å². The highest BCUT2D eigenvalue weighted by molar-refractivity contribution is 5.32. The Morgan fingerprint density at radius 1 is 1.50 bits per heavy atom. The van der Waals surface area contributed by atoms with Crippen LogP contribution >= 0.6 is 0 Å². The van der Waals surface area contributed by atoms with Crippen molar-refractivity contribution >= 4 is 5.82 Å². The molecular formula is C10H15F2N3O. The van der Waals surface area contributed by atoms with Gasteiger partial charge in [-0.1, -0.05) is 0 Å². The van der Waals surface area contributed by atoms with Gasteiger partial charge in [0.05, 0.1) is 6.61 Å². The Labute approximate surface area is 93.1 Å². The van der Waals surface area contributed by atoms with Crippen LogP contribution < -0.4 is 5.32 Å². The number of ether oxygens (including phenoxy) is 1. The number of anilines is 1. The van der Waals surface area contributed by atoms with Gasteiger partial charge in [-0.2, -0.15) is 0 Å². The van der Waals surface area contributed by atoms with Crippen LogP contribution in [0.25, 0.3) is 0 Å². The van der Waals surface area contributed by atoms with E-state index < -0.39 is 13.0 Å². The lowest BCUT2D eigenvalue weighted by molar-refractivity contribution is 0.0183. The first-order valence-electron chi connectivity index (χ1n) is 5.14. The van der Waals surface area contributed by atoms with Crippen LogP contribution in [0.3, 0.4) is 0 Å². The molecule has 0 bridgehead atoms. The lowest BCUT2D eigenvalue weighted by Gasteiger charge is -2.05. The van der Waals surface area contributed by atoms with Gasteiger partial charge < -0.3 is 10.1 Å². The summed E-state index contributed by atoms with van der Waals surface area (Å²) in [6.45, 7) is 2.42. The molecule has 6 heteroatoms. The van der Waals surface area contributed by atoms with E-state index in [9.17, 15) is 8.78 Å². The van der Waals surface area contributed by atoms with Gasteiger partial charge in [-0.05, 0) is 13.0 Å². The highest BCUT2D eigenvalue weighted by Gasteiger charge is 2.03. The molecule has 90 valence electrons. The summed E-state index contributed by atoms with van der Waals surface area (Å²) < 4.78 is 28.3. The topological polar surface area (TPSA) is 47.0 Å². The van der Waals surface area contributed by atoms with E-state index >= 15 is 0 Å². The molecule has 1 rings (SSSR count). The summed E-state index contributed by atoms with van der Waals surface area (Å²) in [5, 5.41) is 3.04. The molecule has 0 aliphatic heterocycles. The average molecular weight is 231 g/mol. The highest BCUT2D eigenvalue weighted by atomic mass is 19.3. The van der Waals surface area contributed by atoms with E-state index in [4.69, 9.17) is 4.74 Å². The molecule has 0 radical (unpaired) electrons. The van der Waals surface area contributed by atoms with Crippen LogP contribution in [0.5, 0.6) is 0 Å². The first-order chi connectivity index (χ1) is 7.72. The van der Waals surface area contributed by atoms with Crippen molar-refractivity contribution in [2.75, 3.05) is 25.1 Å². The Morgan fingerprint density at radius 3 is 3.00 bits per heavy atom. The molecule has 0 unspecified atom stereocenters. The molecule has 1 aromatic rings. The molecule has 0 aromatic carbocycles. The molecule has 16 heavy (non-hydrogen) atoms. The molecule has 0 saturated carbocycles. The predicted molar refractivity (Wildman–Crippen MR) is 56.7 cm³/mol. The highest BCUT2D eigenvalue weighted by Crippen LogP contribution is 2.02. The molecule has 0 atom stereocenters. The third kappa shape index (κ3) is 4.97. The van der Waals surface area contributed by atoms with E-state index in [0.717, 1.165) is 12.4 Å². The fraction of sp³-hybridized carbons (Fsp3) is 0.600. The summed E-state index contributed by atoms with van der Waals surface area (Å²) in [6.07, 6.45) is -0.353. The fourth-order valence-electron chi connectivity index (χ4n) is 1.13. The number of hydrogen-bond acceptors (Lipinski definition) is 4. The third-order valence-corrected chi connectivity index (χ3v) is 1.78. The van der Waals surface area contributed by atoms with Gasteiger partial charge >= 0.3 is 0 Å². The van der Waals surface area contributed by atoms with Gasteiger partial charge in [-0.15, -0.1) is 0 Å². The maximum atomic E-state index is 11.8. The normalized spacial score (nSPS) is 10.8. The molecule has 0 amide bonds. The molecule has 0 fully saturated rings. The summed E-state index contributed by atoms with van der Waals surface area (Å²) in [5.41, 5.74) is 0. The number of nitrogens with zero attached hydrogens (tertiary/aromatic N) is 2. The maximum Gasteiger partial charge on any atom is 0.261 e. The Kier molecular flexibility index (Phi) is 5.63. The summed E-state index contributed by atoms with van der Waals surface area (Å²) in [7, 11) is 0. The predicted octanol–water partition coefficient (Wildman–Crippen LogP) is 1.73. The van der Waals surface area contributed by atoms with E-state index in [2.05, 4.69) is 15.3 Å². The minimum absolute atomic E-state index is 0.208. The van der Waals surface area contributed by atoms with Crippen molar-refractivity contribution < 1.29 is 13.5 Å². The van der Waals surface area contributed by atoms with Crippen molar-refractivity contribution in [2.45, 2.75) is 19.8 Å². The summed E-state index contributed by atoms with van der Waals surface area (Å²) in [6, 6.07) is 1.76.